The molecule has 0 saturated heterocycles. The zero-order valence-electron chi connectivity index (χ0n) is 39.8. The number of halogens is 9. The SMILES string of the molecule is CC(C)c1ccc(C#N)c(OC(F)(F)F)c1.CC(C)c1ccc(OC(F)(F)F)c(C#N)c1.CC(C)c1cccc(OC(F)(F)F)c1.CC(C)c1cnc(C#N)nc1.Cc1cc(C(C)C)cc(C)n1. The van der Waals surface area contributed by atoms with E-state index >= 15 is 0 Å². The number of benzene rings is 3. The van der Waals surface area contributed by atoms with Crippen molar-refractivity contribution in [3.05, 3.63) is 141 Å². The Bertz CT molecular complexity index is 2440. The van der Waals surface area contributed by atoms with E-state index < -0.39 is 30.6 Å². The van der Waals surface area contributed by atoms with Gasteiger partial charge < -0.3 is 14.2 Å². The molecular formula is C50H55F9N6O3. The van der Waals surface area contributed by atoms with E-state index in [9.17, 15) is 39.5 Å². The number of pyridine rings is 1. The second-order valence-corrected chi connectivity index (χ2v) is 16.4. The van der Waals surface area contributed by atoms with Crippen LogP contribution in [0.4, 0.5) is 39.5 Å². The Labute approximate surface area is 392 Å². The lowest BCUT2D eigenvalue weighted by atomic mass is 10.0. The number of hydrogen-bond acceptors (Lipinski definition) is 9. The molecule has 0 amide bonds. The molecule has 0 fully saturated rings. The lowest BCUT2D eigenvalue weighted by molar-refractivity contribution is -0.275. The topological polar surface area (TPSA) is 138 Å². The Kier molecular flexibility index (Phi) is 23.5. The van der Waals surface area contributed by atoms with E-state index in [4.69, 9.17) is 15.8 Å². The minimum Gasteiger partial charge on any atom is -0.406 e. The van der Waals surface area contributed by atoms with Gasteiger partial charge in [-0.15, -0.1) is 39.5 Å². The lowest BCUT2D eigenvalue weighted by Gasteiger charge is -2.12. The van der Waals surface area contributed by atoms with Gasteiger partial charge in [0.05, 0.1) is 11.1 Å². The molecule has 0 unspecified atom stereocenters. The maximum atomic E-state index is 12.1. The van der Waals surface area contributed by atoms with E-state index in [1.54, 1.807) is 42.7 Å². The van der Waals surface area contributed by atoms with Crippen LogP contribution in [-0.4, -0.2) is 34.0 Å². The number of aromatic nitrogens is 3. The molecule has 0 bridgehead atoms. The molecule has 0 spiro atoms. The van der Waals surface area contributed by atoms with Crippen molar-refractivity contribution < 1.29 is 53.7 Å². The highest BCUT2D eigenvalue weighted by atomic mass is 19.4. The lowest BCUT2D eigenvalue weighted by Crippen LogP contribution is -2.18. The molecule has 5 rings (SSSR count). The first-order valence-corrected chi connectivity index (χ1v) is 21.0. The Balaban J connectivity index is 0.000000429. The molecule has 3 aromatic carbocycles. The van der Waals surface area contributed by atoms with Gasteiger partial charge in [0, 0.05) is 23.8 Å². The monoisotopic (exact) mass is 958 g/mol. The van der Waals surface area contributed by atoms with Crippen molar-refractivity contribution in [2.45, 2.75) is 132 Å². The van der Waals surface area contributed by atoms with Crippen LogP contribution in [0.25, 0.3) is 0 Å². The van der Waals surface area contributed by atoms with Gasteiger partial charge in [-0.1, -0.05) is 93.5 Å². The Hall–Kier alpha value is -6.87. The third-order valence-corrected chi connectivity index (χ3v) is 9.00. The van der Waals surface area contributed by atoms with Gasteiger partial charge in [-0.25, -0.2) is 9.97 Å². The van der Waals surface area contributed by atoms with Crippen LogP contribution in [0.2, 0.25) is 0 Å². The molecule has 0 saturated carbocycles. The summed E-state index contributed by atoms with van der Waals surface area (Å²) in [6, 6.07) is 23.8. The highest BCUT2D eigenvalue weighted by Crippen LogP contribution is 2.31. The minimum atomic E-state index is -4.78. The van der Waals surface area contributed by atoms with E-state index in [0.29, 0.717) is 17.4 Å². The average molecular weight is 959 g/mol. The van der Waals surface area contributed by atoms with E-state index in [-0.39, 0.29) is 40.5 Å². The van der Waals surface area contributed by atoms with Crippen LogP contribution >= 0.6 is 0 Å². The highest BCUT2D eigenvalue weighted by molar-refractivity contribution is 5.47. The van der Waals surface area contributed by atoms with Gasteiger partial charge >= 0.3 is 19.1 Å². The molecule has 68 heavy (non-hydrogen) atoms. The Morgan fingerprint density at radius 2 is 0.868 bits per heavy atom. The smallest absolute Gasteiger partial charge is 0.406 e. The van der Waals surface area contributed by atoms with Gasteiger partial charge in [0.25, 0.3) is 0 Å². The fourth-order valence-corrected chi connectivity index (χ4v) is 5.37. The first-order valence-electron chi connectivity index (χ1n) is 21.0. The molecule has 0 aliphatic heterocycles. The number of nitriles is 3. The summed E-state index contributed by atoms with van der Waals surface area (Å²) in [4.78, 5) is 12.0. The number of nitrogens with zero attached hydrogens (tertiary/aromatic N) is 6. The van der Waals surface area contributed by atoms with E-state index in [0.717, 1.165) is 28.1 Å². The minimum absolute atomic E-state index is 0.0725. The van der Waals surface area contributed by atoms with E-state index in [1.807, 2.05) is 61.5 Å². The molecule has 18 heteroatoms. The average Bonchev–Trinajstić information content (AvgIpc) is 3.22. The molecule has 2 heterocycles. The van der Waals surface area contributed by atoms with Crippen LogP contribution < -0.4 is 14.2 Å². The number of ether oxygens (including phenoxy) is 3. The van der Waals surface area contributed by atoms with Crippen LogP contribution in [0.5, 0.6) is 17.2 Å². The van der Waals surface area contributed by atoms with Gasteiger partial charge in [0.15, 0.2) is 0 Å². The molecule has 5 aromatic rings. The van der Waals surface area contributed by atoms with Crippen molar-refractivity contribution >= 4 is 0 Å². The van der Waals surface area contributed by atoms with Crippen molar-refractivity contribution in [3.63, 3.8) is 0 Å². The fourth-order valence-electron chi connectivity index (χ4n) is 5.37. The third-order valence-electron chi connectivity index (χ3n) is 9.00. The van der Waals surface area contributed by atoms with Crippen molar-refractivity contribution in [2.75, 3.05) is 0 Å². The fraction of sp³-hybridized carbons (Fsp3) is 0.400. The summed E-state index contributed by atoms with van der Waals surface area (Å²) < 4.78 is 119. The molecule has 0 aliphatic carbocycles. The van der Waals surface area contributed by atoms with E-state index in [1.165, 1.54) is 48.0 Å². The maximum Gasteiger partial charge on any atom is 0.573 e. The second kappa shape index (κ2) is 27.1. The van der Waals surface area contributed by atoms with Crippen LogP contribution in [0.1, 0.15) is 155 Å². The van der Waals surface area contributed by atoms with Crippen LogP contribution in [0.3, 0.4) is 0 Å². The standard InChI is InChI=1S/2C11H10F3NO.C10H11F3O.C10H15N.C8H9N3/c1-7(2)8-3-4-10(9(5-8)6-15)16-11(12,13)14;1-7(2)8-3-4-9(6-15)10(5-8)16-11(12,13)14;1-7(2)8-4-3-5-9(6-8)14-10(11,12)13;1-7(2)10-5-8(3)11-9(4)6-10;1-6(2)7-4-10-8(3-9)11-5-7/h2*3-5,7H,1-2H3;3-7H,1-2H3;5-7H,1-4H3;4-6H,1-2H3. The summed E-state index contributed by atoms with van der Waals surface area (Å²) in [7, 11) is 0. The van der Waals surface area contributed by atoms with Gasteiger partial charge in [0.1, 0.15) is 35.5 Å². The molecule has 0 N–H and O–H groups in total. The van der Waals surface area contributed by atoms with Crippen LogP contribution in [-0.2, 0) is 0 Å². The zero-order valence-corrected chi connectivity index (χ0v) is 39.8. The number of hydrogen-bond donors (Lipinski definition) is 0. The van der Waals surface area contributed by atoms with Gasteiger partial charge in [0.2, 0.25) is 5.82 Å². The third kappa shape index (κ3) is 23.5. The molecule has 0 radical (unpaired) electrons. The number of rotatable bonds is 8. The van der Waals surface area contributed by atoms with Crippen molar-refractivity contribution in [3.8, 4) is 35.5 Å². The molecule has 0 atom stereocenters. The summed E-state index contributed by atoms with van der Waals surface area (Å²) in [6.45, 7) is 23.9. The van der Waals surface area contributed by atoms with Gasteiger partial charge in [-0.3, -0.25) is 4.98 Å². The predicted octanol–water partition coefficient (Wildman–Crippen LogP) is 15.2. The summed E-state index contributed by atoms with van der Waals surface area (Å²) in [6.07, 6.45) is -10.8. The molecule has 9 nitrogen and oxygen atoms in total. The molecule has 2 aromatic heterocycles. The van der Waals surface area contributed by atoms with E-state index in [2.05, 4.69) is 69.0 Å². The second-order valence-electron chi connectivity index (χ2n) is 16.4. The summed E-state index contributed by atoms with van der Waals surface area (Å²) >= 11 is 0. The highest BCUT2D eigenvalue weighted by Gasteiger charge is 2.33. The largest absolute Gasteiger partial charge is 0.573 e. The number of alkyl halides is 9. The van der Waals surface area contributed by atoms with Crippen LogP contribution in [0.15, 0.2) is 85.2 Å². The summed E-state index contributed by atoms with van der Waals surface area (Å²) in [5.41, 5.74) is 6.77. The predicted molar refractivity (Wildman–Crippen MR) is 240 cm³/mol. The Morgan fingerprint density at radius 1 is 0.441 bits per heavy atom. The summed E-state index contributed by atoms with van der Waals surface area (Å²) in [5.74, 6) is 0.596. The molecular weight excluding hydrogens is 904 g/mol. The van der Waals surface area contributed by atoms with Crippen molar-refractivity contribution in [1.82, 2.24) is 15.0 Å². The summed E-state index contributed by atoms with van der Waals surface area (Å²) in [5, 5.41) is 25.8. The zero-order chi connectivity index (χ0) is 52.2. The maximum absolute atomic E-state index is 12.1. The van der Waals surface area contributed by atoms with Gasteiger partial charge in [-0.2, -0.15) is 15.8 Å². The van der Waals surface area contributed by atoms with Crippen LogP contribution in [0, 0.1) is 47.8 Å². The van der Waals surface area contributed by atoms with Gasteiger partial charge in [-0.05, 0) is 120 Å². The quantitative estimate of drug-likeness (QED) is 0.139. The first kappa shape index (κ1) is 59.1. The molecule has 0 aliphatic rings. The first-order chi connectivity index (χ1) is 31.4. The van der Waals surface area contributed by atoms with Crippen molar-refractivity contribution in [1.29, 1.82) is 15.8 Å². The Morgan fingerprint density at radius 3 is 1.29 bits per heavy atom. The molecule has 366 valence electrons. The number of aryl methyl sites for hydroxylation is 2. The normalized spacial score (nSPS) is 11.0. The van der Waals surface area contributed by atoms with Crippen molar-refractivity contribution in [2.24, 2.45) is 0 Å².